The largest absolute Gasteiger partial charge is 0.361 e. The number of fused-ring (bicyclic) bond motifs is 2. The predicted molar refractivity (Wildman–Crippen MR) is 115 cm³/mol. The average Bonchev–Trinajstić information content (AvgIpc) is 3.46. The van der Waals surface area contributed by atoms with Crippen LogP contribution in [0.2, 0.25) is 0 Å². The van der Waals surface area contributed by atoms with Crippen LogP contribution >= 0.6 is 0 Å². The quantitative estimate of drug-likeness (QED) is 0.693. The number of aromatic nitrogens is 1. The van der Waals surface area contributed by atoms with Crippen molar-refractivity contribution in [3.63, 3.8) is 0 Å². The first-order valence-corrected chi connectivity index (χ1v) is 11.0. The molecule has 2 aromatic rings. The van der Waals surface area contributed by atoms with E-state index in [-0.39, 0.29) is 17.9 Å². The van der Waals surface area contributed by atoms with E-state index >= 15 is 0 Å². The van der Waals surface area contributed by atoms with Gasteiger partial charge in [-0.2, -0.15) is 0 Å². The molecule has 2 fully saturated rings. The summed E-state index contributed by atoms with van der Waals surface area (Å²) in [4.78, 5) is 31.4. The fraction of sp³-hybridized carbons (Fsp3) is 0.500. The summed E-state index contributed by atoms with van der Waals surface area (Å²) in [5.74, 6) is -0.308. The minimum Gasteiger partial charge on any atom is -0.361 e. The van der Waals surface area contributed by atoms with E-state index < -0.39 is 17.4 Å². The second-order valence-corrected chi connectivity index (χ2v) is 9.24. The molecule has 5 rings (SSSR count). The molecule has 2 bridgehead atoms. The monoisotopic (exact) mass is 407 g/mol. The van der Waals surface area contributed by atoms with Crippen molar-refractivity contribution in [2.24, 2.45) is 17.8 Å². The topological polar surface area (TPSA) is 74.4 Å². The van der Waals surface area contributed by atoms with Crippen molar-refractivity contribution >= 4 is 22.7 Å². The Hall–Kier alpha value is -2.60. The van der Waals surface area contributed by atoms with Crippen molar-refractivity contribution in [2.45, 2.75) is 38.4 Å². The number of amides is 2. The van der Waals surface area contributed by atoms with Crippen LogP contribution in [0.25, 0.3) is 10.9 Å². The van der Waals surface area contributed by atoms with Gasteiger partial charge in [-0.15, -0.1) is 0 Å². The first-order chi connectivity index (χ1) is 14.5. The van der Waals surface area contributed by atoms with Gasteiger partial charge in [0.15, 0.2) is 0 Å². The number of H-pyrrole nitrogens is 1. The zero-order valence-corrected chi connectivity index (χ0v) is 17.6. The van der Waals surface area contributed by atoms with Crippen molar-refractivity contribution in [1.29, 1.82) is 0 Å². The second-order valence-electron chi connectivity index (χ2n) is 9.24. The number of benzene rings is 1. The van der Waals surface area contributed by atoms with E-state index in [1.807, 2.05) is 35.4 Å². The zero-order valence-electron chi connectivity index (χ0n) is 17.6. The highest BCUT2D eigenvalue weighted by atomic mass is 16.5. The summed E-state index contributed by atoms with van der Waals surface area (Å²) in [6, 6.07) is 8.21. The van der Waals surface area contributed by atoms with Crippen LogP contribution in [0.4, 0.5) is 0 Å². The number of hydrogen-bond donors (Lipinski definition) is 2. The fourth-order valence-corrected chi connectivity index (χ4v) is 5.26. The van der Waals surface area contributed by atoms with Crippen molar-refractivity contribution in [1.82, 2.24) is 15.2 Å². The molecule has 6 heteroatoms. The fourth-order valence-electron chi connectivity index (χ4n) is 5.26. The molecule has 3 aliphatic rings. The molecule has 1 aromatic heterocycles. The maximum Gasteiger partial charge on any atom is 0.230 e. The number of aromatic amines is 1. The Morgan fingerprint density at radius 3 is 3.03 bits per heavy atom. The zero-order chi connectivity index (χ0) is 20.9. The summed E-state index contributed by atoms with van der Waals surface area (Å²) in [5.41, 5.74) is 1.68. The second kappa shape index (κ2) is 7.27. The molecule has 0 radical (unpaired) electrons. The molecular weight excluding hydrogens is 378 g/mol. The Labute approximate surface area is 176 Å². The molecule has 1 aromatic carbocycles. The van der Waals surface area contributed by atoms with Gasteiger partial charge in [-0.25, -0.2) is 0 Å². The van der Waals surface area contributed by atoms with Crippen LogP contribution in [0.3, 0.4) is 0 Å². The number of para-hydroxylation sites is 1. The minimum atomic E-state index is -0.637. The SMILES string of the molecule is CC(C)CCNC(=O)[C@H]1[C@@H]2C=C[C@]3(CN(CCc4c[nH]c5ccccc45)C(=O)[C@@H]13)O2. The number of nitrogens with zero attached hydrogens (tertiary/aromatic N) is 1. The first kappa shape index (κ1) is 19.4. The molecule has 30 heavy (non-hydrogen) atoms. The molecule has 4 atom stereocenters. The number of carbonyl (C=O) groups is 2. The van der Waals surface area contributed by atoms with Crippen molar-refractivity contribution in [3.05, 3.63) is 48.2 Å². The van der Waals surface area contributed by atoms with Crippen LogP contribution in [0.15, 0.2) is 42.6 Å². The van der Waals surface area contributed by atoms with Gasteiger partial charge >= 0.3 is 0 Å². The Morgan fingerprint density at radius 1 is 1.37 bits per heavy atom. The summed E-state index contributed by atoms with van der Waals surface area (Å²) < 4.78 is 6.21. The summed E-state index contributed by atoms with van der Waals surface area (Å²) >= 11 is 0. The number of ether oxygens (including phenoxy) is 1. The van der Waals surface area contributed by atoms with Gasteiger partial charge in [0.1, 0.15) is 5.60 Å². The van der Waals surface area contributed by atoms with Crippen LogP contribution in [-0.2, 0) is 20.7 Å². The predicted octanol–water partition coefficient (Wildman–Crippen LogP) is 2.65. The average molecular weight is 408 g/mol. The van der Waals surface area contributed by atoms with Crippen molar-refractivity contribution < 1.29 is 14.3 Å². The van der Waals surface area contributed by atoms with E-state index in [0.717, 1.165) is 18.4 Å². The normalized spacial score (nSPS) is 29.4. The van der Waals surface area contributed by atoms with E-state index in [2.05, 4.69) is 36.3 Å². The number of hydrogen-bond acceptors (Lipinski definition) is 3. The van der Waals surface area contributed by atoms with Gasteiger partial charge in [-0.3, -0.25) is 9.59 Å². The first-order valence-electron chi connectivity index (χ1n) is 11.0. The van der Waals surface area contributed by atoms with Gasteiger partial charge in [-0.05, 0) is 30.4 Å². The smallest absolute Gasteiger partial charge is 0.230 e. The van der Waals surface area contributed by atoms with E-state index in [0.29, 0.717) is 25.6 Å². The lowest BCUT2D eigenvalue weighted by atomic mass is 9.77. The lowest BCUT2D eigenvalue weighted by Gasteiger charge is -2.23. The molecule has 3 aliphatic heterocycles. The Balaban J connectivity index is 1.29. The molecule has 1 spiro atoms. The maximum absolute atomic E-state index is 13.3. The summed E-state index contributed by atoms with van der Waals surface area (Å²) in [6.45, 7) is 6.07. The molecule has 0 aliphatic carbocycles. The summed E-state index contributed by atoms with van der Waals surface area (Å²) in [5, 5.41) is 4.23. The summed E-state index contributed by atoms with van der Waals surface area (Å²) in [7, 11) is 0. The number of likely N-dealkylation sites (tertiary alicyclic amines) is 1. The molecule has 2 amide bonds. The van der Waals surface area contributed by atoms with Gasteiger partial charge < -0.3 is 19.9 Å². The molecular formula is C24H29N3O3. The molecule has 2 N–H and O–H groups in total. The third-order valence-electron chi connectivity index (χ3n) is 6.83. The molecule has 0 unspecified atom stereocenters. The van der Waals surface area contributed by atoms with Crippen LogP contribution in [0.5, 0.6) is 0 Å². The molecule has 0 saturated carbocycles. The van der Waals surface area contributed by atoms with Crippen molar-refractivity contribution in [2.75, 3.05) is 19.6 Å². The van der Waals surface area contributed by atoms with E-state index in [1.54, 1.807) is 0 Å². The van der Waals surface area contributed by atoms with Gasteiger partial charge in [-0.1, -0.05) is 44.2 Å². The molecule has 158 valence electrons. The lowest BCUT2D eigenvalue weighted by Crippen LogP contribution is -2.44. The number of rotatable bonds is 7. The van der Waals surface area contributed by atoms with Crippen LogP contribution in [0, 0.1) is 17.8 Å². The van der Waals surface area contributed by atoms with Crippen LogP contribution < -0.4 is 5.32 Å². The third-order valence-corrected chi connectivity index (χ3v) is 6.83. The minimum absolute atomic E-state index is 0.0469. The summed E-state index contributed by atoms with van der Waals surface area (Å²) in [6.07, 6.45) is 7.44. The number of carbonyl (C=O) groups excluding carboxylic acids is 2. The number of nitrogens with one attached hydrogen (secondary N) is 2. The molecule has 4 heterocycles. The van der Waals surface area contributed by atoms with Crippen LogP contribution in [-0.4, -0.2) is 53.0 Å². The van der Waals surface area contributed by atoms with Crippen molar-refractivity contribution in [3.8, 4) is 0 Å². The highest BCUT2D eigenvalue weighted by Gasteiger charge is 2.66. The standard InChI is InChI=1S/C24H29N3O3/c1-15(2)8-11-25-22(28)20-19-7-10-24(30-19)14-27(23(29)21(20)24)12-9-16-13-26-18-6-4-3-5-17(16)18/h3-7,10,13,15,19-21,26H,8-9,11-12,14H2,1-2H3,(H,25,28)/t19-,20-,21+,24+/m0/s1. The van der Waals surface area contributed by atoms with Crippen LogP contribution in [0.1, 0.15) is 25.8 Å². The van der Waals surface area contributed by atoms with Gasteiger partial charge in [0.2, 0.25) is 11.8 Å². The maximum atomic E-state index is 13.3. The molecule has 6 nitrogen and oxygen atoms in total. The molecule has 2 saturated heterocycles. The van der Waals surface area contributed by atoms with E-state index in [4.69, 9.17) is 4.74 Å². The lowest BCUT2D eigenvalue weighted by molar-refractivity contribution is -0.137. The highest BCUT2D eigenvalue weighted by molar-refractivity contribution is 5.93. The van der Waals surface area contributed by atoms with E-state index in [9.17, 15) is 9.59 Å². The van der Waals surface area contributed by atoms with Gasteiger partial charge in [0, 0.05) is 30.2 Å². The Morgan fingerprint density at radius 2 is 2.20 bits per heavy atom. The third kappa shape index (κ3) is 3.05. The Kier molecular flexibility index (Phi) is 4.69. The van der Waals surface area contributed by atoms with Gasteiger partial charge in [0.05, 0.1) is 24.5 Å². The van der Waals surface area contributed by atoms with Gasteiger partial charge in [0.25, 0.3) is 0 Å². The highest BCUT2D eigenvalue weighted by Crippen LogP contribution is 2.51. The Bertz CT molecular complexity index is 1010. The van der Waals surface area contributed by atoms with E-state index in [1.165, 1.54) is 10.9 Å².